The summed E-state index contributed by atoms with van der Waals surface area (Å²) >= 11 is 0. The van der Waals surface area contributed by atoms with Crippen molar-refractivity contribution in [2.24, 2.45) is 5.73 Å². The van der Waals surface area contributed by atoms with Gasteiger partial charge in [0, 0.05) is 6.92 Å². The van der Waals surface area contributed by atoms with Gasteiger partial charge in [-0.1, -0.05) is 89.7 Å². The highest BCUT2D eigenvalue weighted by molar-refractivity contribution is 5.62. The molecule has 0 atom stereocenters. The van der Waals surface area contributed by atoms with Crippen LogP contribution in [0.3, 0.4) is 0 Å². The van der Waals surface area contributed by atoms with Gasteiger partial charge >= 0.3 is 0 Å². The highest BCUT2D eigenvalue weighted by Crippen LogP contribution is 2.12. The monoisotopic (exact) mass is 441 g/mol. The first kappa shape index (κ1) is 32.3. The second kappa shape index (κ2) is 31.3. The van der Waals surface area contributed by atoms with E-state index in [1.54, 1.807) is 0 Å². The molecule has 0 aliphatic rings. The number of carbonyl (C=O) groups is 1. The van der Waals surface area contributed by atoms with Gasteiger partial charge in [-0.15, -0.1) is 0 Å². The SMILES string of the molecule is CC(=O)O.CCCCCCCCCCCCCC/C=C\CCNCCCNCCCN. The molecule has 0 aliphatic carbocycles. The Morgan fingerprint density at radius 3 is 1.61 bits per heavy atom. The number of unbranched alkanes of at least 4 members (excludes halogenated alkanes) is 12. The Morgan fingerprint density at radius 2 is 1.10 bits per heavy atom. The molecule has 0 bridgehead atoms. The highest BCUT2D eigenvalue weighted by Gasteiger charge is 1.93. The molecule has 0 spiro atoms. The molecule has 0 unspecified atom stereocenters. The average Bonchev–Trinajstić information content (AvgIpc) is 2.74. The van der Waals surface area contributed by atoms with Crippen LogP contribution in [0.4, 0.5) is 0 Å². The van der Waals surface area contributed by atoms with Crippen LogP contribution in [0.1, 0.15) is 117 Å². The van der Waals surface area contributed by atoms with Crippen molar-refractivity contribution in [3.63, 3.8) is 0 Å². The van der Waals surface area contributed by atoms with E-state index in [0.29, 0.717) is 0 Å². The Morgan fingerprint density at radius 1 is 0.677 bits per heavy atom. The summed E-state index contributed by atoms with van der Waals surface area (Å²) in [7, 11) is 0. The zero-order valence-electron chi connectivity index (χ0n) is 20.9. The lowest BCUT2D eigenvalue weighted by molar-refractivity contribution is -0.134. The van der Waals surface area contributed by atoms with Crippen molar-refractivity contribution in [3.05, 3.63) is 12.2 Å². The van der Waals surface area contributed by atoms with Crippen molar-refractivity contribution < 1.29 is 9.90 Å². The van der Waals surface area contributed by atoms with Gasteiger partial charge in [-0.3, -0.25) is 4.79 Å². The van der Waals surface area contributed by atoms with Crippen LogP contribution >= 0.6 is 0 Å². The Balaban J connectivity index is 0. The van der Waals surface area contributed by atoms with Crippen LogP contribution in [0.15, 0.2) is 12.2 Å². The van der Waals surface area contributed by atoms with E-state index in [1.807, 2.05) is 0 Å². The lowest BCUT2D eigenvalue weighted by Gasteiger charge is -2.04. The molecule has 0 radical (unpaired) electrons. The standard InChI is InChI=1S/C24H51N3.C2H4O2/c1-2-3-4-5-6-7-8-9-10-11-12-13-14-15-16-17-21-26-23-19-24-27-22-18-20-25;1-2(3)4/h15-16,26-27H,2-14,17-25H2,1H3;1H3,(H,3,4)/b16-15-;. The Bertz CT molecular complexity index is 359. The van der Waals surface area contributed by atoms with E-state index < -0.39 is 5.97 Å². The number of nitrogens with one attached hydrogen (secondary N) is 2. The smallest absolute Gasteiger partial charge is 0.300 e. The number of nitrogens with two attached hydrogens (primary N) is 1. The fourth-order valence-corrected chi connectivity index (χ4v) is 3.34. The molecule has 5 heteroatoms. The molecule has 0 aromatic rings. The van der Waals surface area contributed by atoms with Crippen molar-refractivity contribution in [2.75, 3.05) is 32.7 Å². The predicted molar refractivity (Wildman–Crippen MR) is 137 cm³/mol. The summed E-state index contributed by atoms with van der Waals surface area (Å²) in [5.74, 6) is -0.833. The molecular weight excluding hydrogens is 386 g/mol. The van der Waals surface area contributed by atoms with E-state index >= 15 is 0 Å². The van der Waals surface area contributed by atoms with Gasteiger partial charge in [0.15, 0.2) is 0 Å². The van der Waals surface area contributed by atoms with Gasteiger partial charge in [0.2, 0.25) is 0 Å². The first-order chi connectivity index (χ1) is 15.1. The fourth-order valence-electron chi connectivity index (χ4n) is 3.34. The van der Waals surface area contributed by atoms with Crippen molar-refractivity contribution in [1.29, 1.82) is 0 Å². The van der Waals surface area contributed by atoms with E-state index in [4.69, 9.17) is 15.6 Å². The Labute approximate surface area is 194 Å². The van der Waals surface area contributed by atoms with Gasteiger partial charge in [0.05, 0.1) is 0 Å². The van der Waals surface area contributed by atoms with E-state index in [2.05, 4.69) is 29.7 Å². The number of hydrogen-bond donors (Lipinski definition) is 4. The first-order valence-corrected chi connectivity index (χ1v) is 13.1. The van der Waals surface area contributed by atoms with Gasteiger partial charge < -0.3 is 21.5 Å². The molecule has 0 rings (SSSR count). The summed E-state index contributed by atoms with van der Waals surface area (Å²) in [5, 5.41) is 14.3. The Kier molecular flexibility index (Phi) is 32.6. The third-order valence-corrected chi connectivity index (χ3v) is 5.14. The van der Waals surface area contributed by atoms with E-state index in [1.165, 1.54) is 96.3 Å². The summed E-state index contributed by atoms with van der Waals surface area (Å²) in [6.07, 6.45) is 26.7. The minimum absolute atomic E-state index is 0.789. The minimum atomic E-state index is -0.833. The fraction of sp³-hybridized carbons (Fsp3) is 0.885. The normalized spacial score (nSPS) is 10.9. The van der Waals surface area contributed by atoms with Crippen LogP contribution in [-0.4, -0.2) is 43.8 Å². The topological polar surface area (TPSA) is 87.4 Å². The molecule has 31 heavy (non-hydrogen) atoms. The lowest BCUT2D eigenvalue weighted by Crippen LogP contribution is -2.24. The van der Waals surface area contributed by atoms with Crippen LogP contribution in [0.25, 0.3) is 0 Å². The third kappa shape index (κ3) is 40.0. The molecule has 5 N–H and O–H groups in total. The maximum Gasteiger partial charge on any atom is 0.300 e. The van der Waals surface area contributed by atoms with Gasteiger partial charge in [0.25, 0.3) is 5.97 Å². The van der Waals surface area contributed by atoms with E-state index in [0.717, 1.165) is 46.1 Å². The van der Waals surface area contributed by atoms with Crippen LogP contribution in [0, 0.1) is 0 Å². The zero-order valence-corrected chi connectivity index (χ0v) is 20.9. The van der Waals surface area contributed by atoms with Crippen molar-refractivity contribution in [2.45, 2.75) is 117 Å². The largest absolute Gasteiger partial charge is 0.481 e. The number of allylic oxidation sites excluding steroid dienone is 1. The van der Waals surface area contributed by atoms with Crippen molar-refractivity contribution in [3.8, 4) is 0 Å². The molecule has 0 aliphatic heterocycles. The molecule has 0 amide bonds. The van der Waals surface area contributed by atoms with Crippen LogP contribution in [-0.2, 0) is 4.79 Å². The molecule has 0 aromatic heterocycles. The van der Waals surface area contributed by atoms with Gasteiger partial charge in [-0.2, -0.15) is 0 Å². The van der Waals surface area contributed by atoms with E-state index in [-0.39, 0.29) is 0 Å². The predicted octanol–water partition coefficient (Wildman–Crippen LogP) is 6.03. The van der Waals surface area contributed by atoms with Gasteiger partial charge in [-0.25, -0.2) is 0 Å². The molecule has 5 nitrogen and oxygen atoms in total. The van der Waals surface area contributed by atoms with E-state index in [9.17, 15) is 0 Å². The van der Waals surface area contributed by atoms with Crippen molar-refractivity contribution >= 4 is 5.97 Å². The number of carboxylic acids is 1. The number of carboxylic acid groups (broad SMARTS) is 1. The zero-order chi connectivity index (χ0) is 23.3. The van der Waals surface area contributed by atoms with Crippen LogP contribution in [0.2, 0.25) is 0 Å². The summed E-state index contributed by atoms with van der Waals surface area (Å²) in [4.78, 5) is 9.00. The molecule has 0 fully saturated rings. The first-order valence-electron chi connectivity index (χ1n) is 13.1. The lowest BCUT2D eigenvalue weighted by atomic mass is 10.0. The van der Waals surface area contributed by atoms with Crippen LogP contribution in [0.5, 0.6) is 0 Å². The third-order valence-electron chi connectivity index (χ3n) is 5.14. The van der Waals surface area contributed by atoms with Crippen LogP contribution < -0.4 is 16.4 Å². The molecule has 186 valence electrons. The van der Waals surface area contributed by atoms with Gasteiger partial charge in [0.1, 0.15) is 0 Å². The molecule has 0 saturated heterocycles. The second-order valence-electron chi connectivity index (χ2n) is 8.45. The van der Waals surface area contributed by atoms with Crippen molar-refractivity contribution in [1.82, 2.24) is 10.6 Å². The molecule has 0 heterocycles. The highest BCUT2D eigenvalue weighted by atomic mass is 16.4. The maximum atomic E-state index is 9.00. The average molecular weight is 442 g/mol. The number of hydrogen-bond acceptors (Lipinski definition) is 4. The number of rotatable bonds is 23. The summed E-state index contributed by atoms with van der Waals surface area (Å²) in [6.45, 7) is 8.54. The Hall–Kier alpha value is -0.910. The number of aliphatic carboxylic acids is 1. The molecule has 0 saturated carbocycles. The van der Waals surface area contributed by atoms with Gasteiger partial charge in [-0.05, 0) is 64.8 Å². The molecular formula is C26H55N3O2. The summed E-state index contributed by atoms with van der Waals surface area (Å²) in [5.41, 5.74) is 5.46. The summed E-state index contributed by atoms with van der Waals surface area (Å²) in [6, 6.07) is 0. The maximum absolute atomic E-state index is 9.00. The molecule has 0 aromatic carbocycles. The quantitative estimate of drug-likeness (QED) is 0.115. The summed E-state index contributed by atoms with van der Waals surface area (Å²) < 4.78 is 0. The second-order valence-corrected chi connectivity index (χ2v) is 8.45. The minimum Gasteiger partial charge on any atom is -0.481 e.